The summed E-state index contributed by atoms with van der Waals surface area (Å²) >= 11 is 13.5. The number of hydrogen-bond acceptors (Lipinski definition) is 5. The van der Waals surface area contributed by atoms with Crippen LogP contribution in [0, 0.1) is 0 Å². The summed E-state index contributed by atoms with van der Waals surface area (Å²) in [5, 5.41) is 0.989. The van der Waals surface area contributed by atoms with E-state index < -0.39 is 5.97 Å². The maximum absolute atomic E-state index is 13.0. The van der Waals surface area contributed by atoms with Gasteiger partial charge in [-0.2, -0.15) is 0 Å². The second-order valence-corrected chi connectivity index (χ2v) is 8.21. The summed E-state index contributed by atoms with van der Waals surface area (Å²) in [5.74, 6) is -0.419. The van der Waals surface area contributed by atoms with Crippen molar-refractivity contribution in [1.29, 1.82) is 0 Å². The molecular formula is C20H20Cl2N2O3S. The number of nitrogens with zero attached hydrogens (tertiary/aromatic N) is 2. The lowest BCUT2D eigenvalue weighted by Crippen LogP contribution is -2.37. The molecule has 0 saturated heterocycles. The molecule has 1 aliphatic heterocycles. The Labute approximate surface area is 176 Å². The number of thiazole rings is 1. The zero-order valence-corrected chi connectivity index (χ0v) is 18.1. The van der Waals surface area contributed by atoms with E-state index in [1.807, 2.05) is 6.92 Å². The Kier molecular flexibility index (Phi) is 6.43. The highest BCUT2D eigenvalue weighted by Crippen LogP contribution is 2.24. The number of rotatable bonds is 5. The van der Waals surface area contributed by atoms with Gasteiger partial charge in [0.2, 0.25) is 0 Å². The average molecular weight is 439 g/mol. The number of halogens is 2. The Morgan fingerprint density at radius 2 is 2.11 bits per heavy atom. The molecule has 1 atom stereocenters. The first-order chi connectivity index (χ1) is 13.4. The minimum atomic E-state index is -0.419. The summed E-state index contributed by atoms with van der Waals surface area (Å²) in [7, 11) is 0. The van der Waals surface area contributed by atoms with Crippen LogP contribution in [0.25, 0.3) is 11.8 Å². The van der Waals surface area contributed by atoms with Gasteiger partial charge in [-0.1, -0.05) is 53.9 Å². The Hall–Kier alpha value is -1.89. The minimum absolute atomic E-state index is 0.232. The predicted octanol–water partition coefficient (Wildman–Crippen LogP) is 3.64. The lowest BCUT2D eigenvalue weighted by Gasteiger charge is -2.21. The number of carbonyl (C=O) groups excluding carboxylic acids is 1. The van der Waals surface area contributed by atoms with E-state index in [2.05, 4.69) is 4.99 Å². The molecule has 0 radical (unpaired) electrons. The normalized spacial score (nSPS) is 16.8. The first-order valence-electron chi connectivity index (χ1n) is 9.02. The van der Waals surface area contributed by atoms with E-state index in [1.165, 1.54) is 15.9 Å². The van der Waals surface area contributed by atoms with E-state index in [-0.39, 0.29) is 18.2 Å². The lowest BCUT2D eigenvalue weighted by atomic mass is 10.00. The Bertz CT molecular complexity index is 1130. The van der Waals surface area contributed by atoms with Crippen molar-refractivity contribution < 1.29 is 9.53 Å². The van der Waals surface area contributed by atoms with E-state index in [0.717, 1.165) is 6.42 Å². The molecule has 0 amide bonds. The summed E-state index contributed by atoms with van der Waals surface area (Å²) < 4.78 is 7.18. The van der Waals surface area contributed by atoms with Gasteiger partial charge in [0.1, 0.15) is 0 Å². The highest BCUT2D eigenvalue weighted by molar-refractivity contribution is 7.07. The summed E-state index contributed by atoms with van der Waals surface area (Å²) in [6.45, 7) is 5.83. The molecule has 3 rings (SSSR count). The molecule has 0 saturated carbocycles. The third-order valence-corrected chi connectivity index (χ3v) is 5.98. The van der Waals surface area contributed by atoms with E-state index >= 15 is 0 Å². The molecule has 0 spiro atoms. The van der Waals surface area contributed by atoms with Crippen LogP contribution in [0.15, 0.2) is 33.6 Å². The summed E-state index contributed by atoms with van der Waals surface area (Å²) in [6, 6.07) is 4.80. The molecular weight excluding hydrogens is 419 g/mol. The van der Waals surface area contributed by atoms with Gasteiger partial charge in [-0.05, 0) is 44.0 Å². The zero-order valence-electron chi connectivity index (χ0n) is 15.8. The van der Waals surface area contributed by atoms with E-state index in [0.29, 0.717) is 42.6 Å². The van der Waals surface area contributed by atoms with Crippen LogP contribution in [0.4, 0.5) is 0 Å². The minimum Gasteiger partial charge on any atom is -0.463 e. The SMILES string of the molecule is CCC[C@@H]1N=c2s/c(=C\c3ccc(Cl)cc3Cl)c(=O)n2C(C)=C1C(=O)OCC. The second kappa shape index (κ2) is 8.64. The molecule has 1 aromatic heterocycles. The fraction of sp³-hybridized carbons (Fsp3) is 0.350. The van der Waals surface area contributed by atoms with Crippen molar-refractivity contribution >= 4 is 52.3 Å². The van der Waals surface area contributed by atoms with Crippen molar-refractivity contribution in [3.63, 3.8) is 0 Å². The summed E-state index contributed by atoms with van der Waals surface area (Å²) in [6.07, 6.45) is 3.29. The summed E-state index contributed by atoms with van der Waals surface area (Å²) in [4.78, 5) is 30.8. The smallest absolute Gasteiger partial charge is 0.337 e. The number of ether oxygens (including phenoxy) is 1. The first kappa shape index (κ1) is 20.8. The number of fused-ring (bicyclic) bond motifs is 1. The number of allylic oxidation sites excluding steroid dienone is 1. The number of aromatic nitrogens is 1. The van der Waals surface area contributed by atoms with Crippen LogP contribution in [0.2, 0.25) is 10.0 Å². The maximum atomic E-state index is 13.0. The predicted molar refractivity (Wildman–Crippen MR) is 114 cm³/mol. The topological polar surface area (TPSA) is 60.7 Å². The van der Waals surface area contributed by atoms with Crippen LogP contribution in [0.3, 0.4) is 0 Å². The molecule has 2 aromatic rings. The molecule has 8 heteroatoms. The maximum Gasteiger partial charge on any atom is 0.337 e. The third kappa shape index (κ3) is 3.95. The van der Waals surface area contributed by atoms with Crippen LogP contribution in [-0.2, 0) is 9.53 Å². The molecule has 28 heavy (non-hydrogen) atoms. The Morgan fingerprint density at radius 1 is 1.36 bits per heavy atom. The van der Waals surface area contributed by atoms with Gasteiger partial charge in [0.05, 0.1) is 22.8 Å². The van der Waals surface area contributed by atoms with E-state index in [1.54, 1.807) is 38.1 Å². The Balaban J connectivity index is 2.21. The monoisotopic (exact) mass is 438 g/mol. The van der Waals surface area contributed by atoms with Gasteiger partial charge in [0.25, 0.3) is 5.56 Å². The number of esters is 1. The summed E-state index contributed by atoms with van der Waals surface area (Å²) in [5.41, 5.74) is 1.49. The fourth-order valence-corrected chi connectivity index (χ4v) is 4.67. The second-order valence-electron chi connectivity index (χ2n) is 6.35. The van der Waals surface area contributed by atoms with E-state index in [9.17, 15) is 9.59 Å². The molecule has 5 nitrogen and oxygen atoms in total. The van der Waals surface area contributed by atoms with Crippen molar-refractivity contribution in [2.24, 2.45) is 4.99 Å². The third-order valence-electron chi connectivity index (χ3n) is 4.44. The van der Waals surface area contributed by atoms with Crippen LogP contribution in [0.1, 0.15) is 39.2 Å². The molecule has 148 valence electrons. The quantitative estimate of drug-likeness (QED) is 0.669. The molecule has 2 heterocycles. The number of benzene rings is 1. The van der Waals surface area contributed by atoms with Crippen molar-refractivity contribution in [2.75, 3.05) is 6.61 Å². The fourth-order valence-electron chi connectivity index (χ4n) is 3.15. The van der Waals surface area contributed by atoms with Crippen molar-refractivity contribution in [3.8, 4) is 0 Å². The van der Waals surface area contributed by atoms with Crippen LogP contribution in [0.5, 0.6) is 0 Å². The highest BCUT2D eigenvalue weighted by atomic mass is 35.5. The number of hydrogen-bond donors (Lipinski definition) is 0. The van der Waals surface area contributed by atoms with Gasteiger partial charge in [-0.15, -0.1) is 0 Å². The van der Waals surface area contributed by atoms with E-state index in [4.69, 9.17) is 27.9 Å². The molecule has 0 aliphatic carbocycles. The van der Waals surface area contributed by atoms with Gasteiger partial charge < -0.3 is 4.74 Å². The van der Waals surface area contributed by atoms with Crippen molar-refractivity contribution in [2.45, 2.75) is 39.7 Å². The highest BCUT2D eigenvalue weighted by Gasteiger charge is 2.29. The standard InChI is InChI=1S/C20H20Cl2N2O3S/c1-4-6-15-17(19(26)27-5-2)11(3)24-18(25)16(28-20(24)23-15)9-12-7-8-13(21)10-14(12)22/h7-10,15H,4-6H2,1-3H3/b16-9-/t15-/m0/s1. The van der Waals surface area contributed by atoms with Crippen molar-refractivity contribution in [1.82, 2.24) is 4.57 Å². The molecule has 1 aromatic carbocycles. The zero-order chi connectivity index (χ0) is 20.4. The molecule has 0 bridgehead atoms. The van der Waals surface area contributed by atoms with Gasteiger partial charge in [0.15, 0.2) is 4.80 Å². The van der Waals surface area contributed by atoms with Crippen LogP contribution >= 0.6 is 34.5 Å². The molecule has 0 fully saturated rings. The molecule has 0 unspecified atom stereocenters. The van der Waals surface area contributed by atoms with Crippen LogP contribution < -0.4 is 14.9 Å². The van der Waals surface area contributed by atoms with Crippen LogP contribution in [-0.4, -0.2) is 23.2 Å². The largest absolute Gasteiger partial charge is 0.463 e. The number of carbonyl (C=O) groups is 1. The molecule has 0 N–H and O–H groups in total. The van der Waals surface area contributed by atoms with Gasteiger partial charge in [-0.25, -0.2) is 9.79 Å². The first-order valence-corrected chi connectivity index (χ1v) is 10.6. The van der Waals surface area contributed by atoms with Gasteiger partial charge >= 0.3 is 5.97 Å². The molecule has 1 aliphatic rings. The van der Waals surface area contributed by atoms with Gasteiger partial charge in [0, 0.05) is 15.7 Å². The average Bonchev–Trinajstić information content (AvgIpc) is 2.94. The lowest BCUT2D eigenvalue weighted by molar-refractivity contribution is -0.138. The Morgan fingerprint density at radius 3 is 2.75 bits per heavy atom. The van der Waals surface area contributed by atoms with Gasteiger partial charge in [-0.3, -0.25) is 9.36 Å². The van der Waals surface area contributed by atoms with Crippen molar-refractivity contribution in [3.05, 3.63) is 59.1 Å².